The number of nitrogens with one attached hydrogen (secondary N) is 1. The second-order valence-corrected chi connectivity index (χ2v) is 8.29. The van der Waals surface area contributed by atoms with Gasteiger partial charge in [-0.15, -0.1) is 5.10 Å². The van der Waals surface area contributed by atoms with Crippen LogP contribution in [0.15, 0.2) is 23.1 Å². The highest BCUT2D eigenvalue weighted by Gasteiger charge is 2.24. The third-order valence-electron chi connectivity index (χ3n) is 3.86. The summed E-state index contributed by atoms with van der Waals surface area (Å²) in [6.07, 6.45) is 1.83. The number of amides is 1. The Morgan fingerprint density at radius 1 is 1.36 bits per heavy atom. The predicted molar refractivity (Wildman–Crippen MR) is 95.6 cm³/mol. The van der Waals surface area contributed by atoms with Crippen LogP contribution in [0.5, 0.6) is 0 Å². The maximum atomic E-state index is 12.7. The van der Waals surface area contributed by atoms with Gasteiger partial charge in [-0.2, -0.15) is 4.31 Å². The zero-order valence-corrected chi connectivity index (χ0v) is 15.9. The van der Waals surface area contributed by atoms with Gasteiger partial charge in [-0.3, -0.25) is 4.79 Å². The fraction of sp³-hybridized carbons (Fsp3) is 0.562. The van der Waals surface area contributed by atoms with E-state index in [1.807, 2.05) is 20.8 Å². The average Bonchev–Trinajstić information content (AvgIpc) is 2.98. The zero-order chi connectivity index (χ0) is 18.6. The van der Waals surface area contributed by atoms with Crippen molar-refractivity contribution in [3.63, 3.8) is 0 Å². The summed E-state index contributed by atoms with van der Waals surface area (Å²) in [5, 5.41) is 10.8. The molecule has 0 atom stereocenters. The lowest BCUT2D eigenvalue weighted by Crippen LogP contribution is -2.38. The molecule has 2 aromatic rings. The van der Waals surface area contributed by atoms with Crippen LogP contribution in [0.1, 0.15) is 39.7 Å². The maximum absolute atomic E-state index is 12.7. The van der Waals surface area contributed by atoms with Gasteiger partial charge in [0.2, 0.25) is 15.9 Å². The molecule has 1 aromatic heterocycles. The predicted octanol–water partition coefficient (Wildman–Crippen LogP) is 1.55. The average molecular weight is 367 g/mol. The lowest BCUT2D eigenvalue weighted by Gasteiger charge is -2.17. The van der Waals surface area contributed by atoms with Crippen LogP contribution >= 0.6 is 0 Å². The Balaban J connectivity index is 2.18. The highest BCUT2D eigenvalue weighted by atomic mass is 32.2. The number of sulfonamides is 1. The number of aromatic nitrogens is 3. The van der Waals surface area contributed by atoms with Crippen LogP contribution in [-0.4, -0.2) is 53.8 Å². The highest BCUT2D eigenvalue weighted by Crippen LogP contribution is 2.21. The molecule has 1 amide bonds. The third-order valence-corrected chi connectivity index (χ3v) is 5.66. The van der Waals surface area contributed by atoms with Crippen LogP contribution in [-0.2, 0) is 14.8 Å². The summed E-state index contributed by atoms with van der Waals surface area (Å²) in [6, 6.07) is 4.83. The molecule has 0 spiro atoms. The smallest absolute Gasteiger partial charge is 0.243 e. The Labute approximate surface area is 148 Å². The van der Waals surface area contributed by atoms with Crippen molar-refractivity contribution < 1.29 is 13.2 Å². The molecule has 0 fully saturated rings. The highest BCUT2D eigenvalue weighted by molar-refractivity contribution is 7.89. The molecule has 1 N–H and O–H groups in total. The molecule has 9 heteroatoms. The first-order valence-corrected chi connectivity index (χ1v) is 9.79. The van der Waals surface area contributed by atoms with Crippen LogP contribution in [0.3, 0.4) is 0 Å². The van der Waals surface area contributed by atoms with Gasteiger partial charge in [-0.1, -0.05) is 18.6 Å². The number of nitrogens with zero attached hydrogens (tertiary/aromatic N) is 4. The number of hydrogen-bond donors (Lipinski definition) is 1. The largest absolute Gasteiger partial charge is 0.355 e. The normalized spacial score (nSPS) is 12.2. The fourth-order valence-corrected chi connectivity index (χ4v) is 3.54. The molecule has 138 valence electrons. The Kier molecular flexibility index (Phi) is 6.12. The van der Waals surface area contributed by atoms with Crippen molar-refractivity contribution in [2.45, 2.75) is 44.6 Å². The van der Waals surface area contributed by atoms with E-state index in [9.17, 15) is 13.2 Å². The fourth-order valence-electron chi connectivity index (χ4n) is 2.39. The van der Waals surface area contributed by atoms with Crippen molar-refractivity contribution in [1.29, 1.82) is 0 Å². The molecule has 1 heterocycles. The Hall–Kier alpha value is -2.00. The van der Waals surface area contributed by atoms with Crippen LogP contribution in [0.4, 0.5) is 0 Å². The summed E-state index contributed by atoms with van der Waals surface area (Å²) >= 11 is 0. The molecule has 0 aliphatic heterocycles. The van der Waals surface area contributed by atoms with E-state index in [0.29, 0.717) is 12.1 Å². The van der Waals surface area contributed by atoms with Gasteiger partial charge >= 0.3 is 0 Å². The number of rotatable bonds is 8. The van der Waals surface area contributed by atoms with Crippen LogP contribution in [0, 0.1) is 0 Å². The lowest BCUT2D eigenvalue weighted by molar-refractivity contribution is -0.121. The number of benzene rings is 1. The summed E-state index contributed by atoms with van der Waals surface area (Å²) in [4.78, 5) is 12.0. The zero-order valence-electron chi connectivity index (χ0n) is 15.1. The number of hydrogen-bond acceptors (Lipinski definition) is 5. The van der Waals surface area contributed by atoms with Crippen molar-refractivity contribution in [2.75, 3.05) is 20.1 Å². The minimum Gasteiger partial charge on any atom is -0.355 e. The van der Waals surface area contributed by atoms with E-state index in [4.69, 9.17) is 0 Å². The van der Waals surface area contributed by atoms with Crippen molar-refractivity contribution in [3.05, 3.63) is 18.2 Å². The third kappa shape index (κ3) is 4.35. The summed E-state index contributed by atoms with van der Waals surface area (Å²) in [5.74, 6) is -0.314. The molecule has 1 aromatic carbocycles. The van der Waals surface area contributed by atoms with Gasteiger partial charge < -0.3 is 5.32 Å². The molecular weight excluding hydrogens is 342 g/mol. The van der Waals surface area contributed by atoms with Crippen LogP contribution in [0.25, 0.3) is 11.0 Å². The first kappa shape index (κ1) is 19.3. The van der Waals surface area contributed by atoms with Crippen molar-refractivity contribution >= 4 is 27.0 Å². The van der Waals surface area contributed by atoms with E-state index < -0.39 is 10.0 Å². The van der Waals surface area contributed by atoms with E-state index in [1.165, 1.54) is 19.2 Å². The standard InChI is InChI=1S/C16H25N5O3S/c1-5-6-9-17-16(22)11-20(4)25(23,24)13-7-8-15-14(10-13)18-19-21(15)12(2)3/h7-8,10,12H,5-6,9,11H2,1-4H3,(H,17,22). The molecule has 0 unspecified atom stereocenters. The van der Waals surface area contributed by atoms with E-state index >= 15 is 0 Å². The molecule has 0 radical (unpaired) electrons. The Morgan fingerprint density at radius 2 is 2.08 bits per heavy atom. The molecule has 0 aliphatic rings. The van der Waals surface area contributed by atoms with Crippen molar-refractivity contribution in [1.82, 2.24) is 24.6 Å². The number of fused-ring (bicyclic) bond motifs is 1. The van der Waals surface area contributed by atoms with E-state index in [-0.39, 0.29) is 23.4 Å². The monoisotopic (exact) mass is 367 g/mol. The summed E-state index contributed by atoms with van der Waals surface area (Å²) in [5.41, 5.74) is 1.28. The van der Waals surface area contributed by atoms with Crippen molar-refractivity contribution in [3.8, 4) is 0 Å². The number of carbonyl (C=O) groups is 1. The Bertz CT molecular complexity index is 845. The second-order valence-electron chi connectivity index (χ2n) is 6.24. The van der Waals surface area contributed by atoms with Gasteiger partial charge in [0.1, 0.15) is 5.52 Å². The number of unbranched alkanes of at least 4 members (excludes halogenated alkanes) is 1. The molecule has 8 nitrogen and oxygen atoms in total. The van der Waals surface area contributed by atoms with E-state index in [2.05, 4.69) is 15.6 Å². The topological polar surface area (TPSA) is 97.2 Å². The van der Waals surface area contributed by atoms with E-state index in [0.717, 1.165) is 22.7 Å². The summed E-state index contributed by atoms with van der Waals surface area (Å²) in [7, 11) is -2.38. The lowest BCUT2D eigenvalue weighted by atomic mass is 10.3. The van der Waals surface area contributed by atoms with Crippen LogP contribution < -0.4 is 5.32 Å². The first-order valence-electron chi connectivity index (χ1n) is 8.35. The molecule has 0 aliphatic carbocycles. The second kappa shape index (κ2) is 7.92. The molecule has 25 heavy (non-hydrogen) atoms. The first-order chi connectivity index (χ1) is 11.8. The summed E-state index contributed by atoms with van der Waals surface area (Å²) in [6.45, 7) is 6.30. The Morgan fingerprint density at radius 3 is 2.72 bits per heavy atom. The SMILES string of the molecule is CCCCNC(=O)CN(C)S(=O)(=O)c1ccc2c(c1)nnn2C(C)C. The number of carbonyl (C=O) groups excluding carboxylic acids is 1. The van der Waals surface area contributed by atoms with Gasteiger partial charge in [0.15, 0.2) is 0 Å². The summed E-state index contributed by atoms with van der Waals surface area (Å²) < 4.78 is 28.1. The molecule has 0 saturated heterocycles. The van der Waals surface area contributed by atoms with Gasteiger partial charge in [-0.25, -0.2) is 13.1 Å². The van der Waals surface area contributed by atoms with Crippen molar-refractivity contribution in [2.24, 2.45) is 0 Å². The van der Waals surface area contributed by atoms with Gasteiger partial charge in [0, 0.05) is 19.6 Å². The minimum atomic E-state index is -3.77. The van der Waals surface area contributed by atoms with Gasteiger partial charge in [0.05, 0.1) is 17.0 Å². The maximum Gasteiger partial charge on any atom is 0.243 e. The van der Waals surface area contributed by atoms with E-state index in [1.54, 1.807) is 10.7 Å². The number of likely N-dealkylation sites (N-methyl/N-ethyl adjacent to an activating group) is 1. The van der Waals surface area contributed by atoms with Crippen LogP contribution in [0.2, 0.25) is 0 Å². The minimum absolute atomic E-state index is 0.0969. The van der Waals surface area contributed by atoms with Gasteiger partial charge in [-0.05, 0) is 38.5 Å². The molecule has 2 rings (SSSR count). The molecule has 0 saturated carbocycles. The van der Waals surface area contributed by atoms with Gasteiger partial charge in [0.25, 0.3) is 0 Å². The molecular formula is C16H25N5O3S. The molecule has 0 bridgehead atoms. The quantitative estimate of drug-likeness (QED) is 0.714.